The number of thioether (sulfide) groups is 1. The van der Waals surface area contributed by atoms with Crippen molar-refractivity contribution in [3.63, 3.8) is 0 Å². The number of aliphatic hydroxyl groups excluding tert-OH is 1. The molecule has 0 aliphatic rings. The van der Waals surface area contributed by atoms with Crippen molar-refractivity contribution >= 4 is 39.3 Å². The number of hydrogen-bond donors (Lipinski definition) is 1. The molecule has 2 aromatic rings. The number of hydrogen-bond acceptors (Lipinski definition) is 2. The molecule has 0 saturated heterocycles. The molecule has 0 heterocycles. The van der Waals surface area contributed by atoms with Crippen LogP contribution in [0.2, 0.25) is 5.02 Å². The fourth-order valence-electron chi connectivity index (χ4n) is 1.75. The van der Waals surface area contributed by atoms with Gasteiger partial charge in [-0.25, -0.2) is 4.39 Å². The van der Waals surface area contributed by atoms with E-state index >= 15 is 0 Å². The highest BCUT2D eigenvalue weighted by Crippen LogP contribution is 2.28. The van der Waals surface area contributed by atoms with E-state index < -0.39 is 6.10 Å². The number of benzene rings is 2. The molecule has 0 radical (unpaired) electrons. The third kappa shape index (κ3) is 4.48. The highest BCUT2D eigenvalue weighted by atomic mass is 79.9. The van der Waals surface area contributed by atoms with Crippen molar-refractivity contribution < 1.29 is 9.50 Å². The molecule has 0 fully saturated rings. The van der Waals surface area contributed by atoms with Gasteiger partial charge in [0.2, 0.25) is 0 Å². The maximum atomic E-state index is 12.9. The first kappa shape index (κ1) is 15.8. The van der Waals surface area contributed by atoms with Crippen LogP contribution in [0, 0.1) is 5.82 Å². The van der Waals surface area contributed by atoms with E-state index in [0.29, 0.717) is 17.2 Å². The number of aliphatic hydroxyl groups is 1. The monoisotopic (exact) mass is 374 g/mol. The van der Waals surface area contributed by atoms with E-state index in [0.717, 1.165) is 14.9 Å². The van der Waals surface area contributed by atoms with Gasteiger partial charge in [0.25, 0.3) is 0 Å². The zero-order valence-corrected chi connectivity index (χ0v) is 13.7. The van der Waals surface area contributed by atoms with Crippen molar-refractivity contribution in [3.05, 3.63) is 63.3 Å². The van der Waals surface area contributed by atoms with Gasteiger partial charge < -0.3 is 5.11 Å². The summed E-state index contributed by atoms with van der Waals surface area (Å²) in [4.78, 5) is 1.08. The second-order valence-corrected chi connectivity index (χ2v) is 6.66. The van der Waals surface area contributed by atoms with Crippen LogP contribution in [-0.4, -0.2) is 17.0 Å². The lowest BCUT2D eigenvalue weighted by Gasteiger charge is -2.12. The lowest BCUT2D eigenvalue weighted by molar-refractivity contribution is 0.200. The molecular weight excluding hydrogens is 363 g/mol. The largest absolute Gasteiger partial charge is 0.392 e. The Morgan fingerprint density at radius 1 is 1.25 bits per heavy atom. The van der Waals surface area contributed by atoms with Crippen LogP contribution >= 0.6 is 39.3 Å². The fourth-order valence-corrected chi connectivity index (χ4v) is 3.49. The lowest BCUT2D eigenvalue weighted by atomic mass is 10.1. The molecule has 106 valence electrons. The normalized spacial score (nSPS) is 12.4. The van der Waals surface area contributed by atoms with Gasteiger partial charge in [-0.05, 0) is 45.8 Å². The molecule has 2 rings (SSSR count). The minimum absolute atomic E-state index is 0.356. The summed E-state index contributed by atoms with van der Waals surface area (Å²) in [5, 5.41) is 10.4. The summed E-state index contributed by atoms with van der Waals surface area (Å²) >= 11 is 11.0. The summed E-state index contributed by atoms with van der Waals surface area (Å²) in [6.07, 6.45) is -0.119. The van der Waals surface area contributed by atoms with Crippen LogP contribution < -0.4 is 0 Å². The topological polar surface area (TPSA) is 20.2 Å². The average molecular weight is 376 g/mol. The van der Waals surface area contributed by atoms with E-state index in [1.54, 1.807) is 17.8 Å². The second-order valence-electron chi connectivity index (χ2n) is 4.34. The Hall–Kier alpha value is -0.550. The third-order valence-corrected chi connectivity index (χ3v) is 5.26. The van der Waals surface area contributed by atoms with Crippen LogP contribution in [0.5, 0.6) is 0 Å². The van der Waals surface area contributed by atoms with Crippen molar-refractivity contribution in [3.8, 4) is 0 Å². The van der Waals surface area contributed by atoms with Crippen molar-refractivity contribution in [2.45, 2.75) is 17.4 Å². The maximum Gasteiger partial charge on any atom is 0.124 e. The van der Waals surface area contributed by atoms with Gasteiger partial charge in [0, 0.05) is 26.6 Å². The standard InChI is InChI=1S/C15H13BrClFOS/c16-13-3-1-2-4-15(13)20-9-12(19)7-10-5-6-11(18)8-14(10)17/h1-6,8,12,19H,7,9H2. The smallest absolute Gasteiger partial charge is 0.124 e. The predicted molar refractivity (Wildman–Crippen MR) is 86.0 cm³/mol. The molecule has 1 unspecified atom stereocenters. The molecule has 0 spiro atoms. The van der Waals surface area contributed by atoms with E-state index in [4.69, 9.17) is 11.6 Å². The molecule has 2 aromatic carbocycles. The highest BCUT2D eigenvalue weighted by Gasteiger charge is 2.11. The van der Waals surface area contributed by atoms with Crippen molar-refractivity contribution in [2.24, 2.45) is 0 Å². The Bertz CT molecular complexity index is 594. The molecule has 1 nitrogen and oxygen atoms in total. The molecule has 1 atom stereocenters. The Morgan fingerprint density at radius 2 is 2.00 bits per heavy atom. The number of halogens is 3. The summed E-state index contributed by atoms with van der Waals surface area (Å²) in [6.45, 7) is 0. The molecule has 0 saturated carbocycles. The van der Waals surface area contributed by atoms with Crippen LogP contribution in [0.4, 0.5) is 4.39 Å². The first-order valence-electron chi connectivity index (χ1n) is 6.05. The molecule has 1 N–H and O–H groups in total. The Balaban J connectivity index is 1.92. The molecule has 0 aliphatic heterocycles. The zero-order valence-electron chi connectivity index (χ0n) is 10.5. The summed E-state index contributed by atoms with van der Waals surface area (Å²) < 4.78 is 14.0. The third-order valence-electron chi connectivity index (χ3n) is 2.74. The van der Waals surface area contributed by atoms with Gasteiger partial charge in [-0.1, -0.05) is 29.8 Å². The molecule has 0 aliphatic carbocycles. The Kier molecular flexibility index (Phi) is 5.90. The first-order chi connectivity index (χ1) is 9.56. The van der Waals surface area contributed by atoms with Crippen LogP contribution in [0.1, 0.15) is 5.56 Å². The summed E-state index contributed by atoms with van der Waals surface area (Å²) in [5.74, 6) is 0.187. The van der Waals surface area contributed by atoms with Crippen LogP contribution in [0.15, 0.2) is 51.8 Å². The first-order valence-corrected chi connectivity index (χ1v) is 8.21. The van der Waals surface area contributed by atoms with E-state index in [1.165, 1.54) is 12.1 Å². The van der Waals surface area contributed by atoms with Gasteiger partial charge >= 0.3 is 0 Å². The van der Waals surface area contributed by atoms with Gasteiger partial charge in [-0.3, -0.25) is 0 Å². The van der Waals surface area contributed by atoms with Gasteiger partial charge in [-0.15, -0.1) is 11.8 Å². The maximum absolute atomic E-state index is 12.9. The molecule has 0 bridgehead atoms. The molecular formula is C15H13BrClFOS. The number of rotatable bonds is 5. The molecule has 20 heavy (non-hydrogen) atoms. The van der Waals surface area contributed by atoms with Crippen molar-refractivity contribution in [2.75, 3.05) is 5.75 Å². The molecule has 0 amide bonds. The van der Waals surface area contributed by atoms with E-state index in [2.05, 4.69) is 15.9 Å². The zero-order chi connectivity index (χ0) is 14.5. The van der Waals surface area contributed by atoms with Crippen LogP contribution in [0.3, 0.4) is 0 Å². The second kappa shape index (κ2) is 7.46. The van der Waals surface area contributed by atoms with E-state index in [1.807, 2.05) is 24.3 Å². The minimum Gasteiger partial charge on any atom is -0.392 e. The van der Waals surface area contributed by atoms with Gasteiger partial charge in [0.1, 0.15) is 5.82 Å². The van der Waals surface area contributed by atoms with Crippen molar-refractivity contribution in [1.29, 1.82) is 0 Å². The fraction of sp³-hybridized carbons (Fsp3) is 0.200. The van der Waals surface area contributed by atoms with Gasteiger partial charge in [-0.2, -0.15) is 0 Å². The summed E-state index contributed by atoms with van der Waals surface area (Å²) in [6, 6.07) is 12.1. The average Bonchev–Trinajstić information content (AvgIpc) is 2.41. The van der Waals surface area contributed by atoms with E-state index in [9.17, 15) is 9.50 Å². The summed E-state index contributed by atoms with van der Waals surface area (Å²) in [5.41, 5.74) is 0.758. The Labute approximate surface area is 135 Å². The van der Waals surface area contributed by atoms with Crippen molar-refractivity contribution in [1.82, 2.24) is 0 Å². The molecule has 0 aromatic heterocycles. The minimum atomic E-state index is -0.532. The van der Waals surface area contributed by atoms with Gasteiger partial charge in [0.15, 0.2) is 0 Å². The van der Waals surface area contributed by atoms with Crippen LogP contribution in [-0.2, 0) is 6.42 Å². The Morgan fingerprint density at radius 3 is 2.70 bits per heavy atom. The summed E-state index contributed by atoms with van der Waals surface area (Å²) in [7, 11) is 0. The van der Waals surface area contributed by atoms with Gasteiger partial charge in [0.05, 0.1) is 6.10 Å². The van der Waals surface area contributed by atoms with E-state index in [-0.39, 0.29) is 5.82 Å². The quantitative estimate of drug-likeness (QED) is 0.747. The lowest BCUT2D eigenvalue weighted by Crippen LogP contribution is -2.13. The highest BCUT2D eigenvalue weighted by molar-refractivity contribution is 9.10. The SMILES string of the molecule is OC(CSc1ccccc1Br)Cc1ccc(F)cc1Cl. The van der Waals surface area contributed by atoms with Crippen LogP contribution in [0.25, 0.3) is 0 Å². The molecule has 5 heteroatoms. The predicted octanol–water partition coefficient (Wildman–Crippen LogP) is 4.94.